The number of para-hydroxylation sites is 4. The van der Waals surface area contributed by atoms with Gasteiger partial charge in [0.15, 0.2) is 22.0 Å². The van der Waals surface area contributed by atoms with Gasteiger partial charge in [-0.15, -0.1) is 0 Å². The first-order valence-electron chi connectivity index (χ1n) is 38.1. The van der Waals surface area contributed by atoms with Crippen LogP contribution in [0.15, 0.2) is 297 Å². The maximum Gasteiger partial charge on any atom is 0.240 e. The van der Waals surface area contributed by atoms with Gasteiger partial charge >= 0.3 is 0 Å². The Morgan fingerprint density at radius 1 is 0.276 bits per heavy atom. The Bertz CT molecular complexity index is 5510. The van der Waals surface area contributed by atoms with Gasteiger partial charge in [-0.05, 0) is 65.7 Å². The molecule has 0 saturated heterocycles. The highest BCUT2D eigenvalue weighted by Crippen LogP contribution is 2.34. The Labute approximate surface area is 484 Å². The number of nitrogens with zero attached hydrogens (tertiary/aromatic N) is 5. The van der Waals surface area contributed by atoms with Crippen LogP contribution in [0.2, 0.25) is 0 Å². The quantitative estimate of drug-likeness (QED) is 0.0958. The molecule has 0 fully saturated rings. The largest absolute Gasteiger partial charge is 0.278 e. The summed E-state index contributed by atoms with van der Waals surface area (Å²) in [6.07, 6.45) is 0. The van der Waals surface area contributed by atoms with E-state index < -0.39 is 279 Å². The summed E-state index contributed by atoms with van der Waals surface area (Å²) in [7, 11) is -10.7. The summed E-state index contributed by atoms with van der Waals surface area (Å²) in [5.41, 5.74) is -3.41. The topological polar surface area (TPSA) is 48.5 Å². The lowest BCUT2D eigenvalue weighted by Crippen LogP contribution is -2.78. The summed E-state index contributed by atoms with van der Waals surface area (Å²) < 4.78 is 281. The highest BCUT2D eigenvalue weighted by molar-refractivity contribution is 7.22. The highest BCUT2D eigenvalue weighted by atomic mass is 28.3. The second-order valence-corrected chi connectivity index (χ2v) is 24.6. The molecule has 0 bridgehead atoms. The fourth-order valence-electron chi connectivity index (χ4n) is 10.2. The van der Waals surface area contributed by atoms with Gasteiger partial charge in [0.1, 0.15) is 0 Å². The molecule has 0 amide bonds. The Morgan fingerprint density at radius 2 is 0.566 bits per heavy atom. The van der Waals surface area contributed by atoms with Gasteiger partial charge in [0.05, 0.1) is 61.8 Å². The molecule has 0 aliphatic rings. The molecule has 11 aromatic carbocycles. The van der Waals surface area contributed by atoms with Gasteiger partial charge in [0.2, 0.25) is 11.9 Å². The summed E-state index contributed by atoms with van der Waals surface area (Å²) in [4.78, 5) is 14.9. The van der Waals surface area contributed by atoms with Crippen LogP contribution < -0.4 is 41.5 Å². The first kappa shape index (κ1) is 24.2. The van der Waals surface area contributed by atoms with Crippen LogP contribution >= 0.6 is 0 Å². The number of benzene rings is 11. The summed E-state index contributed by atoms with van der Waals surface area (Å²) in [5.74, 6) is -2.85. The van der Waals surface area contributed by atoms with E-state index in [1.807, 2.05) is 0 Å². The van der Waals surface area contributed by atoms with E-state index in [0.29, 0.717) is 0 Å². The third kappa shape index (κ3) is 7.16. The normalized spacial score (nSPS) is 17.3. The first-order chi connectivity index (χ1) is 49.8. The lowest BCUT2D eigenvalue weighted by atomic mass is 10.2. The highest BCUT2D eigenvalue weighted by Gasteiger charge is 2.46. The van der Waals surface area contributed by atoms with Crippen LogP contribution in [0.5, 0.6) is 0 Å². The second kappa shape index (κ2) is 18.7. The van der Waals surface area contributed by atoms with E-state index in [2.05, 4.69) is 0 Å². The monoisotopic (exact) mass is 1030 g/mol. The van der Waals surface area contributed by atoms with Gasteiger partial charge < -0.3 is 0 Å². The second-order valence-electron chi connectivity index (χ2n) is 17.3. The molecular formula is C69H49N5Si2. The van der Waals surface area contributed by atoms with Crippen molar-refractivity contribution in [3.05, 3.63) is 297 Å². The van der Waals surface area contributed by atoms with Crippen LogP contribution in [0.3, 0.4) is 0 Å². The maximum atomic E-state index is 11.5. The van der Waals surface area contributed by atoms with E-state index in [-0.39, 0.29) is 20.7 Å². The zero-order valence-electron chi connectivity index (χ0n) is 68.3. The maximum absolute atomic E-state index is 11.5. The van der Waals surface area contributed by atoms with E-state index in [1.54, 1.807) is 121 Å². The molecule has 0 unspecified atom stereocenters. The van der Waals surface area contributed by atoms with Crippen molar-refractivity contribution in [1.29, 1.82) is 0 Å². The Balaban J connectivity index is 1.35. The molecule has 3 aromatic heterocycles. The average molecular weight is 1030 g/mol. The van der Waals surface area contributed by atoms with E-state index in [4.69, 9.17) is 28.7 Å². The van der Waals surface area contributed by atoms with E-state index >= 15 is 0 Å². The summed E-state index contributed by atoms with van der Waals surface area (Å²) in [5, 5.41) is -3.60. The van der Waals surface area contributed by atoms with Crippen LogP contribution in [0.25, 0.3) is 66.9 Å². The van der Waals surface area contributed by atoms with Crippen molar-refractivity contribution >= 4 is 101 Å². The summed E-state index contributed by atoms with van der Waals surface area (Å²) in [6.45, 7) is 0. The molecule has 0 atom stereocenters. The number of aromatic nitrogens is 5. The molecule has 76 heavy (non-hydrogen) atoms. The van der Waals surface area contributed by atoms with Gasteiger partial charge in [-0.1, -0.05) is 272 Å². The smallest absolute Gasteiger partial charge is 0.240 e. The fourth-order valence-corrected chi connectivity index (χ4v) is 18.8. The van der Waals surface area contributed by atoms with Crippen molar-refractivity contribution in [1.82, 2.24) is 24.1 Å². The minimum absolute atomic E-state index is 0.125. The standard InChI is InChI=1S/C69H49N5Si2/c1-7-27-51(28-8-1)75(52-29-9-2-10-30-52,53-31-11-3-12-32-53)57-47-50(48-58(49-57)76(54-33-13-4-14-34-54,55-35-15-5-16-36-55)56-37-17-6-18-38-56)67-70-68(73-63-43-23-19-39-59(63)60-40-20-24-44-64(60)73)72-69(71-67)74-65-45-25-21-41-61(65)62-42-22-26-46-66(62)74/h1-49H/i1D,4D,7D,8D,13D,14D,19D,20D,21D,22D,23D,24D,25D,26D,27D,28D,33D,34D,39D,40D,41D,42D,43D,44D,45D,46D,47D,48D,49D. The van der Waals surface area contributed by atoms with Crippen LogP contribution in [-0.4, -0.2) is 40.2 Å². The molecule has 0 aliphatic carbocycles. The number of hydrogen-bond donors (Lipinski definition) is 0. The Kier molecular flexibility index (Phi) is 5.97. The summed E-state index contributed by atoms with van der Waals surface area (Å²) >= 11 is 0. The summed E-state index contributed by atoms with van der Waals surface area (Å²) in [6, 6.07) is 6.15. The minimum Gasteiger partial charge on any atom is -0.278 e. The van der Waals surface area contributed by atoms with Crippen LogP contribution in [0, 0.1) is 0 Å². The first-order valence-corrected chi connectivity index (χ1v) is 27.6. The minimum atomic E-state index is -5.35. The number of hydrogen-bond acceptors (Lipinski definition) is 3. The van der Waals surface area contributed by atoms with E-state index in [0.717, 1.165) is 9.13 Å². The van der Waals surface area contributed by atoms with Crippen LogP contribution in [0.1, 0.15) is 39.8 Å². The third-order valence-electron chi connectivity index (χ3n) is 13.4. The SMILES string of the molecule is [2H]c1c([2H])c([2H])c([Si](c2ccccc2)(c2ccccc2)c2c([2H])c(-c3nc(-n4c5c([2H])c([2H])c([2H])c([2H])c5c5c([2H])c([2H])c([2H])c([2H])c54)nc(-n4c5c([2H])c([2H])c([2H])c([2H])c5c5c([2H])c([2H])c([2H])c([2H])c54)n3)c([2H])c([Si](c3ccccc3)(c3ccccc3)c3c([2H])c([2H])c([2H])c([2H])c3[2H])c2[2H])c([2H])c1[2H]. The molecule has 0 spiro atoms. The van der Waals surface area contributed by atoms with Crippen molar-refractivity contribution < 1.29 is 39.8 Å². The fraction of sp³-hybridized carbons (Fsp3) is 0. The molecule has 14 aromatic rings. The van der Waals surface area contributed by atoms with E-state index in [1.165, 1.54) is 0 Å². The molecule has 0 radical (unpaired) electrons. The number of rotatable bonds is 11. The molecule has 0 N–H and O–H groups in total. The van der Waals surface area contributed by atoms with Crippen molar-refractivity contribution in [2.75, 3.05) is 0 Å². The number of fused-ring (bicyclic) bond motifs is 6. The van der Waals surface area contributed by atoms with Gasteiger partial charge in [0, 0.05) is 27.1 Å². The third-order valence-corrected chi connectivity index (χ3v) is 22.2. The zero-order valence-corrected chi connectivity index (χ0v) is 41.3. The molecule has 0 saturated carbocycles. The average Bonchev–Trinajstić information content (AvgIpc) is 1.04. The van der Waals surface area contributed by atoms with Gasteiger partial charge in [0.25, 0.3) is 0 Å². The molecule has 3 heterocycles. The molecule has 0 aliphatic heterocycles. The van der Waals surface area contributed by atoms with Crippen molar-refractivity contribution in [3.8, 4) is 23.3 Å². The van der Waals surface area contributed by atoms with Crippen LogP contribution in [0.4, 0.5) is 0 Å². The molecule has 358 valence electrons. The lowest BCUT2D eigenvalue weighted by Gasteiger charge is -2.38. The van der Waals surface area contributed by atoms with E-state index in [9.17, 15) is 26.0 Å². The molecular weight excluding hydrogens is 955 g/mol. The molecule has 14 rings (SSSR count). The van der Waals surface area contributed by atoms with Crippen LogP contribution in [-0.2, 0) is 0 Å². The van der Waals surface area contributed by atoms with Crippen molar-refractivity contribution in [3.63, 3.8) is 0 Å². The van der Waals surface area contributed by atoms with Crippen molar-refractivity contribution in [2.45, 2.75) is 0 Å². The van der Waals surface area contributed by atoms with Crippen molar-refractivity contribution in [2.24, 2.45) is 0 Å². The van der Waals surface area contributed by atoms with Gasteiger partial charge in [-0.25, -0.2) is 0 Å². The Hall–Kier alpha value is -9.54. The van der Waals surface area contributed by atoms with Gasteiger partial charge in [-0.2, -0.15) is 15.0 Å². The lowest BCUT2D eigenvalue weighted by molar-refractivity contribution is 0.893. The zero-order chi connectivity index (χ0) is 75.7. The predicted octanol–water partition coefficient (Wildman–Crippen LogP) is 10.5. The van der Waals surface area contributed by atoms with Gasteiger partial charge in [-0.3, -0.25) is 9.13 Å². The molecule has 5 nitrogen and oxygen atoms in total. The molecule has 7 heteroatoms. The predicted molar refractivity (Wildman–Crippen MR) is 321 cm³/mol. The Morgan fingerprint density at radius 3 is 0.882 bits per heavy atom.